The zero-order valence-corrected chi connectivity index (χ0v) is 14.9. The minimum atomic E-state index is -3.58. The predicted octanol–water partition coefficient (Wildman–Crippen LogP) is 0.547. The molecule has 0 saturated heterocycles. The van der Waals surface area contributed by atoms with Gasteiger partial charge < -0.3 is 15.2 Å². The number of nitrogens with zero attached hydrogens (tertiary/aromatic N) is 1. The lowest BCUT2D eigenvalue weighted by molar-refractivity contribution is -0.139. The van der Waals surface area contributed by atoms with Gasteiger partial charge in [-0.05, 0) is 31.2 Å². The molecule has 1 rings (SSSR count). The fourth-order valence-corrected chi connectivity index (χ4v) is 3.02. The van der Waals surface area contributed by atoms with Crippen LogP contribution in [-0.4, -0.2) is 63.1 Å². The molecule has 0 spiro atoms. The highest BCUT2D eigenvalue weighted by atomic mass is 32.2. The Morgan fingerprint density at radius 2 is 1.79 bits per heavy atom. The van der Waals surface area contributed by atoms with Gasteiger partial charge in [0, 0.05) is 26.8 Å². The van der Waals surface area contributed by atoms with Crippen LogP contribution in [0.5, 0.6) is 0 Å². The molecule has 134 valence electrons. The van der Waals surface area contributed by atoms with E-state index in [0.29, 0.717) is 0 Å². The molecule has 0 radical (unpaired) electrons. The zero-order valence-electron chi connectivity index (χ0n) is 14.1. The van der Waals surface area contributed by atoms with E-state index in [1.165, 1.54) is 45.5 Å². The zero-order chi connectivity index (χ0) is 18.5. The van der Waals surface area contributed by atoms with Crippen molar-refractivity contribution in [2.45, 2.75) is 23.8 Å². The number of carboxylic acid groups (broad SMARTS) is 1. The summed E-state index contributed by atoms with van der Waals surface area (Å²) < 4.78 is 30.0. The maximum atomic E-state index is 12.3. The minimum absolute atomic E-state index is 0.0259. The monoisotopic (exact) mass is 358 g/mol. The summed E-state index contributed by atoms with van der Waals surface area (Å²) in [5, 5.41) is 11.6. The number of nitrogens with one attached hydrogen (secondary N) is 1. The third-order valence-corrected chi connectivity index (χ3v) is 5.14. The molecule has 1 aromatic rings. The molecule has 0 fully saturated rings. The molecule has 0 saturated carbocycles. The first-order valence-corrected chi connectivity index (χ1v) is 8.52. The van der Waals surface area contributed by atoms with Gasteiger partial charge in [0.15, 0.2) is 0 Å². The fraction of sp³-hybridized carbons (Fsp3) is 0.467. The summed E-state index contributed by atoms with van der Waals surface area (Å²) in [5.41, 5.74) is -0.855. The summed E-state index contributed by atoms with van der Waals surface area (Å²) in [6.07, 6.45) is -0.306. The van der Waals surface area contributed by atoms with E-state index >= 15 is 0 Å². The Labute approximate surface area is 141 Å². The summed E-state index contributed by atoms with van der Waals surface area (Å²) in [6, 6.07) is 5.41. The molecule has 0 bridgehead atoms. The third kappa shape index (κ3) is 5.02. The number of carboxylic acids is 1. The maximum absolute atomic E-state index is 12.3. The van der Waals surface area contributed by atoms with Crippen molar-refractivity contribution in [3.63, 3.8) is 0 Å². The molecule has 1 amide bonds. The quantitative estimate of drug-likeness (QED) is 0.701. The number of hydrogen-bond acceptors (Lipinski definition) is 5. The van der Waals surface area contributed by atoms with Gasteiger partial charge in [-0.1, -0.05) is 0 Å². The van der Waals surface area contributed by atoms with E-state index in [1.807, 2.05) is 0 Å². The average molecular weight is 358 g/mol. The number of carbonyl (C=O) groups excluding carboxylic acids is 1. The van der Waals surface area contributed by atoms with Crippen LogP contribution >= 0.6 is 0 Å². The van der Waals surface area contributed by atoms with Gasteiger partial charge in [-0.2, -0.15) is 0 Å². The lowest BCUT2D eigenvalue weighted by atomic mass is 9.98. The molecule has 1 atom stereocenters. The second-order valence-electron chi connectivity index (χ2n) is 5.83. The van der Waals surface area contributed by atoms with E-state index in [0.717, 1.165) is 4.31 Å². The number of rotatable bonds is 8. The molecule has 0 heterocycles. The van der Waals surface area contributed by atoms with Crippen molar-refractivity contribution in [2.75, 3.05) is 27.8 Å². The first-order chi connectivity index (χ1) is 11.0. The van der Waals surface area contributed by atoms with E-state index in [1.54, 1.807) is 6.92 Å². The Morgan fingerprint density at radius 3 is 2.21 bits per heavy atom. The first kappa shape index (κ1) is 20.1. The number of amides is 1. The van der Waals surface area contributed by atoms with Crippen LogP contribution in [-0.2, 0) is 19.6 Å². The Bertz CT molecular complexity index is 699. The van der Waals surface area contributed by atoms with Crippen molar-refractivity contribution in [2.24, 2.45) is 0 Å². The molecule has 1 unspecified atom stereocenters. The van der Waals surface area contributed by atoms with Crippen molar-refractivity contribution in [1.29, 1.82) is 0 Å². The van der Waals surface area contributed by atoms with Gasteiger partial charge in [0.2, 0.25) is 10.0 Å². The molecule has 0 aliphatic rings. The first-order valence-electron chi connectivity index (χ1n) is 7.08. The Kier molecular flexibility index (Phi) is 6.47. The van der Waals surface area contributed by atoms with Crippen LogP contribution in [0.25, 0.3) is 0 Å². The summed E-state index contributed by atoms with van der Waals surface area (Å²) in [5.74, 6) is -1.58. The number of carbonyl (C=O) groups is 2. The highest BCUT2D eigenvalue weighted by Gasteiger charge is 2.30. The van der Waals surface area contributed by atoms with E-state index in [2.05, 4.69) is 5.32 Å². The van der Waals surface area contributed by atoms with Crippen molar-refractivity contribution in [3.8, 4) is 0 Å². The average Bonchev–Trinajstić information content (AvgIpc) is 2.46. The Hall–Kier alpha value is -1.97. The second-order valence-corrected chi connectivity index (χ2v) is 7.98. The van der Waals surface area contributed by atoms with Crippen molar-refractivity contribution in [1.82, 2.24) is 9.62 Å². The standard InChI is InChI=1S/C15H22N2O6S/c1-15(10-23-4,9-13(18)19)16-14(20)11-5-7-12(8-6-11)24(21,22)17(2)3/h5-8H,9-10H2,1-4H3,(H,16,20)(H,18,19). The van der Waals surface area contributed by atoms with Gasteiger partial charge in [0.1, 0.15) is 0 Å². The highest BCUT2D eigenvalue weighted by Crippen LogP contribution is 2.16. The number of sulfonamides is 1. The van der Waals surface area contributed by atoms with Gasteiger partial charge in [-0.25, -0.2) is 12.7 Å². The van der Waals surface area contributed by atoms with Crippen LogP contribution in [0.15, 0.2) is 29.2 Å². The topological polar surface area (TPSA) is 113 Å². The van der Waals surface area contributed by atoms with E-state index in [9.17, 15) is 18.0 Å². The molecule has 0 aliphatic carbocycles. The van der Waals surface area contributed by atoms with Crippen LogP contribution < -0.4 is 5.32 Å². The van der Waals surface area contributed by atoms with Crippen LogP contribution in [0, 0.1) is 0 Å². The van der Waals surface area contributed by atoms with Crippen LogP contribution in [0.4, 0.5) is 0 Å². The highest BCUT2D eigenvalue weighted by molar-refractivity contribution is 7.89. The number of hydrogen-bond donors (Lipinski definition) is 2. The smallest absolute Gasteiger partial charge is 0.305 e. The second kappa shape index (κ2) is 7.73. The number of benzene rings is 1. The SMILES string of the molecule is COCC(C)(CC(=O)O)NC(=O)c1ccc(S(=O)(=O)N(C)C)cc1. The molecule has 0 aliphatic heterocycles. The molecule has 2 N–H and O–H groups in total. The number of methoxy groups -OCH3 is 1. The fourth-order valence-electron chi connectivity index (χ4n) is 2.12. The molecule has 0 aromatic heterocycles. The summed E-state index contributed by atoms with van der Waals surface area (Å²) in [4.78, 5) is 23.3. The van der Waals surface area contributed by atoms with Crippen LogP contribution in [0.3, 0.4) is 0 Å². The van der Waals surface area contributed by atoms with E-state index in [4.69, 9.17) is 9.84 Å². The van der Waals surface area contributed by atoms with Gasteiger partial charge >= 0.3 is 5.97 Å². The van der Waals surface area contributed by atoms with Crippen LogP contribution in [0.1, 0.15) is 23.7 Å². The predicted molar refractivity (Wildman–Crippen MR) is 87.3 cm³/mol. The lowest BCUT2D eigenvalue weighted by Gasteiger charge is -2.28. The minimum Gasteiger partial charge on any atom is -0.481 e. The van der Waals surface area contributed by atoms with E-state index < -0.39 is 27.4 Å². The Balaban J connectivity index is 2.98. The number of aliphatic carboxylic acids is 1. The normalized spacial score (nSPS) is 14.2. The third-order valence-electron chi connectivity index (χ3n) is 3.31. The molecule has 1 aromatic carbocycles. The van der Waals surface area contributed by atoms with Crippen LogP contribution in [0.2, 0.25) is 0 Å². The van der Waals surface area contributed by atoms with Crippen molar-refractivity contribution < 1.29 is 27.9 Å². The molecule has 8 nitrogen and oxygen atoms in total. The summed E-state index contributed by atoms with van der Waals surface area (Å²) in [7, 11) is 0.664. The summed E-state index contributed by atoms with van der Waals surface area (Å²) >= 11 is 0. The van der Waals surface area contributed by atoms with Gasteiger partial charge in [0.05, 0.1) is 23.5 Å². The molecular weight excluding hydrogens is 336 g/mol. The van der Waals surface area contributed by atoms with Crippen molar-refractivity contribution in [3.05, 3.63) is 29.8 Å². The molecule has 9 heteroatoms. The lowest BCUT2D eigenvalue weighted by Crippen LogP contribution is -2.50. The van der Waals surface area contributed by atoms with Gasteiger partial charge in [0.25, 0.3) is 5.91 Å². The summed E-state index contributed by atoms with van der Waals surface area (Å²) in [6.45, 7) is 1.59. The van der Waals surface area contributed by atoms with Crippen molar-refractivity contribution >= 4 is 21.9 Å². The molecular formula is C15H22N2O6S. The van der Waals surface area contributed by atoms with E-state index in [-0.39, 0.29) is 23.5 Å². The molecule has 24 heavy (non-hydrogen) atoms. The number of ether oxygens (including phenoxy) is 1. The Morgan fingerprint density at radius 1 is 1.25 bits per heavy atom. The van der Waals surface area contributed by atoms with Gasteiger partial charge in [-0.15, -0.1) is 0 Å². The maximum Gasteiger partial charge on any atom is 0.305 e. The largest absolute Gasteiger partial charge is 0.481 e. The van der Waals surface area contributed by atoms with Gasteiger partial charge in [-0.3, -0.25) is 9.59 Å².